The first-order valence-electron chi connectivity index (χ1n) is 8.17. The molecule has 2 atom stereocenters. The van der Waals surface area contributed by atoms with Gasteiger partial charge in [0.1, 0.15) is 0 Å². The molecule has 1 aliphatic rings. The number of thiophene rings is 1. The summed E-state index contributed by atoms with van der Waals surface area (Å²) < 4.78 is 3.58. The fourth-order valence-electron chi connectivity index (χ4n) is 3.16. The second kappa shape index (κ2) is 7.06. The molecule has 3 heteroatoms. The zero-order valence-electron chi connectivity index (χ0n) is 13.2. The maximum atomic E-state index is 10.5. The van der Waals surface area contributed by atoms with E-state index in [-0.39, 0.29) is 10.7 Å². The van der Waals surface area contributed by atoms with Crippen LogP contribution in [0.4, 0.5) is 0 Å². The molecule has 114 valence electrons. The molecule has 1 fully saturated rings. The normalized spacial score (nSPS) is 20.9. The molecule has 20 heavy (non-hydrogen) atoms. The lowest BCUT2D eigenvalue weighted by Gasteiger charge is -2.24. The monoisotopic (exact) mass is 296 g/mol. The Morgan fingerprint density at radius 2 is 2.00 bits per heavy atom. The topological polar surface area (TPSA) is 32.3 Å². The molecule has 1 heterocycles. The number of hydrogen-bond acceptors (Lipinski definition) is 2. The van der Waals surface area contributed by atoms with Crippen LogP contribution in [0.3, 0.4) is 0 Å². The highest BCUT2D eigenvalue weighted by molar-refractivity contribution is 7.31. The van der Waals surface area contributed by atoms with Crippen LogP contribution in [0.25, 0.3) is 0 Å². The van der Waals surface area contributed by atoms with Crippen LogP contribution in [0, 0.1) is 0 Å². The Morgan fingerprint density at radius 1 is 1.30 bits per heavy atom. The van der Waals surface area contributed by atoms with Gasteiger partial charge in [-0.3, -0.25) is 0 Å². The average molecular weight is 296 g/mol. The third-order valence-electron chi connectivity index (χ3n) is 4.62. The van der Waals surface area contributed by atoms with Crippen molar-refractivity contribution in [1.29, 1.82) is 0 Å². The second-order valence-electron chi connectivity index (χ2n) is 6.38. The standard InChI is InChI=1S/C17H30NOS/c1-4-17(3,19)13-16-15(11-12-20(16)18-5-2)14-9-7-6-8-10-14/h11-12,14,18-19H,4-10,13H2,1-3H3/q+1. The van der Waals surface area contributed by atoms with E-state index in [2.05, 4.69) is 30.0 Å². The molecule has 0 aromatic carbocycles. The molecule has 1 saturated carbocycles. The summed E-state index contributed by atoms with van der Waals surface area (Å²) in [4.78, 5) is 1.48. The quantitative estimate of drug-likeness (QED) is 0.742. The Balaban J connectivity index is 2.26. The van der Waals surface area contributed by atoms with Crippen molar-refractivity contribution in [2.75, 3.05) is 11.3 Å². The first-order valence-corrected chi connectivity index (χ1v) is 9.46. The first-order chi connectivity index (χ1) is 9.57. The van der Waals surface area contributed by atoms with Gasteiger partial charge in [0.2, 0.25) is 0 Å². The Kier molecular flexibility index (Phi) is 5.65. The van der Waals surface area contributed by atoms with Crippen molar-refractivity contribution in [3.8, 4) is 0 Å². The maximum absolute atomic E-state index is 10.5. The number of aliphatic hydroxyl groups is 1. The van der Waals surface area contributed by atoms with Crippen LogP contribution >= 0.6 is 10.7 Å². The fraction of sp³-hybridized carbons (Fsp3) is 0.765. The fourth-order valence-corrected chi connectivity index (χ4v) is 5.15. The summed E-state index contributed by atoms with van der Waals surface area (Å²) in [6.45, 7) is 7.21. The summed E-state index contributed by atoms with van der Waals surface area (Å²) in [5, 5.41) is 12.8. The van der Waals surface area contributed by atoms with E-state index in [0.717, 1.165) is 25.3 Å². The molecule has 2 rings (SSSR count). The summed E-state index contributed by atoms with van der Waals surface area (Å²) in [5.41, 5.74) is 0.977. The van der Waals surface area contributed by atoms with Crippen LogP contribution in [0.2, 0.25) is 0 Å². The Bertz CT molecular complexity index is 419. The van der Waals surface area contributed by atoms with Crippen LogP contribution in [0.1, 0.15) is 75.7 Å². The Morgan fingerprint density at radius 3 is 2.60 bits per heavy atom. The SMILES string of the molecule is CCN[s+]1ccc(C2CCCCC2)c1CC(C)(O)CC. The van der Waals surface area contributed by atoms with Crippen LogP contribution in [-0.2, 0) is 6.42 Å². The summed E-state index contributed by atoms with van der Waals surface area (Å²) in [6.07, 6.45) is 8.44. The van der Waals surface area contributed by atoms with E-state index in [9.17, 15) is 5.11 Å². The summed E-state index contributed by atoms with van der Waals surface area (Å²) in [5.74, 6) is 0.735. The number of hydrogen-bond donors (Lipinski definition) is 2. The van der Waals surface area contributed by atoms with Gasteiger partial charge in [-0.15, -0.1) is 4.72 Å². The lowest BCUT2D eigenvalue weighted by Crippen LogP contribution is -2.26. The van der Waals surface area contributed by atoms with Gasteiger partial charge in [-0.05, 0) is 39.0 Å². The van der Waals surface area contributed by atoms with Crippen molar-refractivity contribution in [3.63, 3.8) is 0 Å². The first kappa shape index (κ1) is 16.0. The highest BCUT2D eigenvalue weighted by Crippen LogP contribution is 2.41. The summed E-state index contributed by atoms with van der Waals surface area (Å²) in [6, 6.07) is 2.35. The van der Waals surface area contributed by atoms with Crippen LogP contribution in [0.15, 0.2) is 11.4 Å². The smallest absolute Gasteiger partial charge is 0.178 e. The van der Waals surface area contributed by atoms with E-state index in [1.165, 1.54) is 37.0 Å². The van der Waals surface area contributed by atoms with Gasteiger partial charge < -0.3 is 5.11 Å². The molecular formula is C17H30NOS+. The lowest BCUT2D eigenvalue weighted by atomic mass is 9.83. The molecule has 1 aromatic rings. The van der Waals surface area contributed by atoms with Crippen molar-refractivity contribution in [1.82, 2.24) is 0 Å². The van der Waals surface area contributed by atoms with Gasteiger partial charge in [0, 0.05) is 18.2 Å². The minimum atomic E-state index is -0.568. The highest BCUT2D eigenvalue weighted by Gasteiger charge is 2.32. The number of nitrogens with one attached hydrogen (secondary N) is 1. The minimum absolute atomic E-state index is 0.0441. The molecular weight excluding hydrogens is 266 g/mol. The van der Waals surface area contributed by atoms with Crippen molar-refractivity contribution >= 4 is 10.7 Å². The molecule has 0 amide bonds. The highest BCUT2D eigenvalue weighted by atomic mass is 32.2. The van der Waals surface area contributed by atoms with E-state index in [4.69, 9.17) is 0 Å². The van der Waals surface area contributed by atoms with Gasteiger partial charge >= 0.3 is 0 Å². The van der Waals surface area contributed by atoms with E-state index < -0.39 is 5.60 Å². The van der Waals surface area contributed by atoms with Gasteiger partial charge in [-0.2, -0.15) is 0 Å². The largest absolute Gasteiger partial charge is 0.390 e. The molecule has 0 saturated heterocycles. The average Bonchev–Trinajstić information content (AvgIpc) is 2.83. The molecule has 2 unspecified atom stereocenters. The van der Waals surface area contributed by atoms with E-state index in [1.807, 2.05) is 6.92 Å². The van der Waals surface area contributed by atoms with Crippen LogP contribution in [-0.4, -0.2) is 17.3 Å². The third-order valence-corrected chi connectivity index (χ3v) is 6.54. The summed E-state index contributed by atoms with van der Waals surface area (Å²) >= 11 is 0. The second-order valence-corrected chi connectivity index (χ2v) is 8.11. The van der Waals surface area contributed by atoms with Gasteiger partial charge in [0.15, 0.2) is 10.3 Å². The van der Waals surface area contributed by atoms with Gasteiger partial charge in [-0.1, -0.05) is 26.2 Å². The van der Waals surface area contributed by atoms with Gasteiger partial charge in [0.05, 0.1) is 22.7 Å². The predicted octanol–water partition coefficient (Wildman–Crippen LogP) is 4.75. The van der Waals surface area contributed by atoms with Crippen molar-refractivity contribution < 1.29 is 5.11 Å². The molecule has 0 aliphatic heterocycles. The van der Waals surface area contributed by atoms with Crippen molar-refractivity contribution in [2.45, 2.75) is 77.2 Å². The molecule has 2 N–H and O–H groups in total. The molecule has 0 bridgehead atoms. The van der Waals surface area contributed by atoms with Crippen molar-refractivity contribution in [3.05, 3.63) is 21.9 Å². The van der Waals surface area contributed by atoms with Crippen LogP contribution < -0.4 is 4.72 Å². The zero-order valence-corrected chi connectivity index (χ0v) is 14.1. The van der Waals surface area contributed by atoms with Crippen molar-refractivity contribution in [2.24, 2.45) is 0 Å². The predicted molar refractivity (Wildman–Crippen MR) is 89.3 cm³/mol. The third kappa shape index (κ3) is 3.84. The zero-order chi connectivity index (χ0) is 14.6. The molecule has 2 nitrogen and oxygen atoms in total. The minimum Gasteiger partial charge on any atom is -0.390 e. The molecule has 0 radical (unpaired) electrons. The Labute approximate surface area is 126 Å². The van der Waals surface area contributed by atoms with Crippen LogP contribution in [0.5, 0.6) is 0 Å². The lowest BCUT2D eigenvalue weighted by molar-refractivity contribution is 0.0569. The van der Waals surface area contributed by atoms with E-state index in [0.29, 0.717) is 0 Å². The molecule has 1 aromatic heterocycles. The van der Waals surface area contributed by atoms with Gasteiger partial charge in [-0.25, -0.2) is 0 Å². The number of rotatable bonds is 6. The summed E-state index contributed by atoms with van der Waals surface area (Å²) in [7, 11) is 0.0441. The molecule has 1 aliphatic carbocycles. The Hall–Kier alpha value is -0.380. The maximum Gasteiger partial charge on any atom is 0.178 e. The molecule has 0 spiro atoms. The van der Waals surface area contributed by atoms with E-state index in [1.54, 1.807) is 5.56 Å². The van der Waals surface area contributed by atoms with E-state index >= 15 is 0 Å². The van der Waals surface area contributed by atoms with Gasteiger partial charge in [0.25, 0.3) is 0 Å².